The number of hydrogen-bond donors (Lipinski definition) is 3. The molecule has 13 heavy (non-hydrogen) atoms. The minimum Gasteiger partial charge on any atom is -0.373 e. The SMILES string of the molecule is CC1CN(CC(=N)NO)CC(C)O1. The summed E-state index contributed by atoms with van der Waals surface area (Å²) in [4.78, 5) is 2.09. The fourth-order valence-corrected chi connectivity index (χ4v) is 1.67. The van der Waals surface area contributed by atoms with E-state index in [4.69, 9.17) is 15.4 Å². The van der Waals surface area contributed by atoms with Gasteiger partial charge in [-0.15, -0.1) is 0 Å². The average Bonchev–Trinajstić information content (AvgIpc) is 2.02. The summed E-state index contributed by atoms with van der Waals surface area (Å²) in [6, 6.07) is 0. The van der Waals surface area contributed by atoms with Crippen LogP contribution in [0.1, 0.15) is 13.8 Å². The van der Waals surface area contributed by atoms with E-state index in [-0.39, 0.29) is 18.0 Å². The van der Waals surface area contributed by atoms with Gasteiger partial charge in [-0.3, -0.25) is 21.0 Å². The average molecular weight is 187 g/mol. The topological polar surface area (TPSA) is 68.6 Å². The Labute approximate surface area is 78.1 Å². The molecule has 1 saturated heterocycles. The van der Waals surface area contributed by atoms with E-state index in [1.807, 2.05) is 19.3 Å². The lowest BCUT2D eigenvalue weighted by atomic mass is 10.2. The van der Waals surface area contributed by atoms with Crippen molar-refractivity contribution in [2.75, 3.05) is 19.6 Å². The van der Waals surface area contributed by atoms with Gasteiger partial charge in [0.2, 0.25) is 0 Å². The quantitative estimate of drug-likeness (QED) is 0.324. The van der Waals surface area contributed by atoms with Crippen molar-refractivity contribution in [3.63, 3.8) is 0 Å². The van der Waals surface area contributed by atoms with E-state index < -0.39 is 0 Å². The Morgan fingerprint density at radius 3 is 2.54 bits per heavy atom. The fourth-order valence-electron chi connectivity index (χ4n) is 1.67. The molecule has 0 amide bonds. The van der Waals surface area contributed by atoms with Crippen molar-refractivity contribution in [1.29, 1.82) is 5.41 Å². The molecule has 1 rings (SSSR count). The smallest absolute Gasteiger partial charge is 0.132 e. The van der Waals surface area contributed by atoms with Crippen molar-refractivity contribution >= 4 is 5.84 Å². The van der Waals surface area contributed by atoms with Crippen LogP contribution in [0.4, 0.5) is 0 Å². The zero-order valence-electron chi connectivity index (χ0n) is 8.08. The van der Waals surface area contributed by atoms with Gasteiger partial charge in [0.15, 0.2) is 0 Å². The molecule has 0 saturated carbocycles. The first-order valence-electron chi connectivity index (χ1n) is 4.47. The standard InChI is InChI=1S/C8H17N3O2/c1-6-3-11(4-7(2)13-6)5-8(9)10-12/h6-7,12H,3-5H2,1-2H3,(H2,9,10). The highest BCUT2D eigenvalue weighted by atomic mass is 16.5. The Morgan fingerprint density at radius 1 is 1.54 bits per heavy atom. The second-order valence-corrected chi connectivity index (χ2v) is 3.54. The molecule has 5 nitrogen and oxygen atoms in total. The zero-order chi connectivity index (χ0) is 9.84. The molecule has 0 bridgehead atoms. The van der Waals surface area contributed by atoms with Gasteiger partial charge in [0.1, 0.15) is 5.84 Å². The molecule has 0 aromatic rings. The molecule has 0 aromatic heterocycles. The molecule has 0 aliphatic carbocycles. The number of nitrogens with one attached hydrogen (secondary N) is 2. The first-order valence-corrected chi connectivity index (χ1v) is 4.47. The zero-order valence-corrected chi connectivity index (χ0v) is 8.08. The van der Waals surface area contributed by atoms with Crippen molar-refractivity contribution in [3.8, 4) is 0 Å². The van der Waals surface area contributed by atoms with Gasteiger partial charge < -0.3 is 4.74 Å². The first-order chi connectivity index (χ1) is 6.11. The summed E-state index contributed by atoms with van der Waals surface area (Å²) in [5, 5.41) is 15.7. The van der Waals surface area contributed by atoms with Crippen molar-refractivity contribution in [3.05, 3.63) is 0 Å². The number of hydrogen-bond acceptors (Lipinski definition) is 4. The number of morpholine rings is 1. The molecule has 3 N–H and O–H groups in total. The summed E-state index contributed by atoms with van der Waals surface area (Å²) in [6.45, 7) is 6.11. The summed E-state index contributed by atoms with van der Waals surface area (Å²) < 4.78 is 5.54. The Hall–Kier alpha value is -0.650. The van der Waals surface area contributed by atoms with Crippen LogP contribution in [-0.2, 0) is 4.74 Å². The van der Waals surface area contributed by atoms with Crippen LogP contribution < -0.4 is 5.48 Å². The van der Waals surface area contributed by atoms with Crippen molar-refractivity contribution in [2.45, 2.75) is 26.1 Å². The van der Waals surface area contributed by atoms with Crippen LogP contribution in [0.5, 0.6) is 0 Å². The Bertz CT molecular complexity index is 176. The highest BCUT2D eigenvalue weighted by molar-refractivity contribution is 5.79. The largest absolute Gasteiger partial charge is 0.373 e. The van der Waals surface area contributed by atoms with Gasteiger partial charge in [-0.1, -0.05) is 0 Å². The highest BCUT2D eigenvalue weighted by Gasteiger charge is 2.22. The molecule has 2 atom stereocenters. The first kappa shape index (κ1) is 10.4. The molecule has 76 valence electrons. The molecule has 1 heterocycles. The summed E-state index contributed by atoms with van der Waals surface area (Å²) in [6.07, 6.45) is 0.408. The van der Waals surface area contributed by atoms with Crippen LogP contribution in [0.25, 0.3) is 0 Å². The van der Waals surface area contributed by atoms with Crippen LogP contribution >= 0.6 is 0 Å². The Balaban J connectivity index is 2.37. The van der Waals surface area contributed by atoms with E-state index in [9.17, 15) is 0 Å². The van der Waals surface area contributed by atoms with Crippen LogP contribution in [-0.4, -0.2) is 47.8 Å². The minimum atomic E-state index is 0.126. The van der Waals surface area contributed by atoms with Crippen molar-refractivity contribution in [2.24, 2.45) is 0 Å². The van der Waals surface area contributed by atoms with Gasteiger partial charge in [0.05, 0.1) is 18.8 Å². The van der Waals surface area contributed by atoms with Crippen LogP contribution in [0.2, 0.25) is 0 Å². The number of ether oxygens (including phenoxy) is 1. The van der Waals surface area contributed by atoms with Gasteiger partial charge >= 0.3 is 0 Å². The van der Waals surface area contributed by atoms with E-state index in [1.54, 1.807) is 0 Å². The lowest BCUT2D eigenvalue weighted by Crippen LogP contribution is -2.48. The minimum absolute atomic E-state index is 0.126. The predicted molar refractivity (Wildman–Crippen MR) is 49.1 cm³/mol. The second kappa shape index (κ2) is 4.55. The summed E-state index contributed by atoms with van der Waals surface area (Å²) in [7, 11) is 0. The monoisotopic (exact) mass is 187 g/mol. The summed E-state index contributed by atoms with van der Waals surface area (Å²) in [5.41, 5.74) is 1.84. The maximum absolute atomic E-state index is 8.46. The summed E-state index contributed by atoms with van der Waals surface area (Å²) >= 11 is 0. The fraction of sp³-hybridized carbons (Fsp3) is 0.875. The number of hydroxylamine groups is 1. The third-order valence-corrected chi connectivity index (χ3v) is 2.01. The Kier molecular flexibility index (Phi) is 3.65. The number of rotatable bonds is 2. The maximum atomic E-state index is 8.46. The van der Waals surface area contributed by atoms with Gasteiger partial charge in [-0.05, 0) is 13.8 Å². The second-order valence-electron chi connectivity index (χ2n) is 3.54. The van der Waals surface area contributed by atoms with Crippen molar-refractivity contribution < 1.29 is 9.94 Å². The number of nitrogens with zero attached hydrogens (tertiary/aromatic N) is 1. The third kappa shape index (κ3) is 3.30. The lowest BCUT2D eigenvalue weighted by molar-refractivity contribution is -0.0640. The molecule has 5 heteroatoms. The molecule has 0 radical (unpaired) electrons. The normalized spacial score (nSPS) is 30.1. The van der Waals surface area contributed by atoms with E-state index in [0.29, 0.717) is 6.54 Å². The van der Waals surface area contributed by atoms with Crippen LogP contribution in [0.3, 0.4) is 0 Å². The van der Waals surface area contributed by atoms with E-state index in [0.717, 1.165) is 13.1 Å². The van der Waals surface area contributed by atoms with Crippen LogP contribution in [0.15, 0.2) is 0 Å². The molecule has 2 unspecified atom stereocenters. The molecule has 1 aliphatic heterocycles. The predicted octanol–water partition coefficient (Wildman–Crippen LogP) is 0.0517. The molecule has 1 fully saturated rings. The van der Waals surface area contributed by atoms with Gasteiger partial charge in [0, 0.05) is 13.1 Å². The van der Waals surface area contributed by atoms with Crippen molar-refractivity contribution in [1.82, 2.24) is 10.4 Å². The summed E-state index contributed by atoms with van der Waals surface area (Å²) in [5.74, 6) is 0.126. The van der Waals surface area contributed by atoms with E-state index >= 15 is 0 Å². The van der Waals surface area contributed by atoms with E-state index in [1.165, 1.54) is 0 Å². The van der Waals surface area contributed by atoms with Gasteiger partial charge in [-0.2, -0.15) is 0 Å². The third-order valence-electron chi connectivity index (χ3n) is 2.01. The molecule has 1 aliphatic rings. The molecular weight excluding hydrogens is 170 g/mol. The van der Waals surface area contributed by atoms with E-state index in [2.05, 4.69) is 4.90 Å². The number of amidine groups is 1. The molecule has 0 aromatic carbocycles. The molecular formula is C8H17N3O2. The maximum Gasteiger partial charge on any atom is 0.132 e. The van der Waals surface area contributed by atoms with Crippen LogP contribution in [0, 0.1) is 5.41 Å². The lowest BCUT2D eigenvalue weighted by Gasteiger charge is -2.34. The van der Waals surface area contributed by atoms with Gasteiger partial charge in [0.25, 0.3) is 0 Å². The Morgan fingerprint density at radius 2 is 2.08 bits per heavy atom. The molecule has 0 spiro atoms. The highest BCUT2D eigenvalue weighted by Crippen LogP contribution is 2.09. The van der Waals surface area contributed by atoms with Gasteiger partial charge in [-0.25, -0.2) is 0 Å².